The monoisotopic (exact) mass is 408 g/mol. The number of fused-ring (bicyclic) bond motifs is 1. The summed E-state index contributed by atoms with van der Waals surface area (Å²) in [6, 6.07) is 15.5. The first-order valence-corrected chi connectivity index (χ1v) is 10.7. The van der Waals surface area contributed by atoms with Gasteiger partial charge in [0.15, 0.2) is 5.13 Å². The summed E-state index contributed by atoms with van der Waals surface area (Å²) in [5.74, 6) is 0.0791. The third kappa shape index (κ3) is 4.63. The van der Waals surface area contributed by atoms with E-state index in [4.69, 9.17) is 0 Å². The maximum absolute atomic E-state index is 12.5. The number of piperazine rings is 1. The van der Waals surface area contributed by atoms with Gasteiger partial charge in [0, 0.05) is 44.7 Å². The molecular weight excluding hydrogens is 384 g/mol. The van der Waals surface area contributed by atoms with Gasteiger partial charge in [-0.15, -0.1) is 0 Å². The SMILES string of the molecule is CCC(=O)N1CCN(Cc2ccc(C(=O)Nc3nc4ccccc4s3)cc2)CC1. The van der Waals surface area contributed by atoms with Gasteiger partial charge in [0.2, 0.25) is 5.91 Å². The number of aromatic nitrogens is 1. The Kier molecular flexibility index (Phi) is 5.87. The number of carbonyl (C=O) groups excluding carboxylic acids is 2. The van der Waals surface area contributed by atoms with E-state index >= 15 is 0 Å². The Hall–Kier alpha value is -2.77. The molecule has 4 rings (SSSR count). The van der Waals surface area contributed by atoms with Gasteiger partial charge in [0.25, 0.3) is 5.91 Å². The van der Waals surface area contributed by atoms with Gasteiger partial charge in [-0.2, -0.15) is 0 Å². The van der Waals surface area contributed by atoms with E-state index in [9.17, 15) is 9.59 Å². The lowest BCUT2D eigenvalue weighted by molar-refractivity contribution is -0.132. The van der Waals surface area contributed by atoms with Crippen LogP contribution in [0.4, 0.5) is 5.13 Å². The van der Waals surface area contributed by atoms with Crippen molar-refractivity contribution in [3.63, 3.8) is 0 Å². The van der Waals surface area contributed by atoms with Crippen molar-refractivity contribution in [2.24, 2.45) is 0 Å². The van der Waals surface area contributed by atoms with Crippen molar-refractivity contribution in [3.05, 3.63) is 59.7 Å². The number of para-hydroxylation sites is 1. The first-order valence-electron chi connectivity index (χ1n) is 9.88. The summed E-state index contributed by atoms with van der Waals surface area (Å²) in [4.78, 5) is 33.0. The standard InChI is InChI=1S/C22H24N4O2S/c1-2-20(27)26-13-11-25(12-14-26)15-16-7-9-17(10-8-16)21(28)24-22-23-18-5-3-4-6-19(18)29-22/h3-10H,2,11-15H2,1H3,(H,23,24,28). The lowest BCUT2D eigenvalue weighted by atomic mass is 10.1. The number of hydrogen-bond donors (Lipinski definition) is 1. The van der Waals surface area contributed by atoms with Crippen molar-refractivity contribution >= 4 is 38.5 Å². The molecule has 1 saturated heterocycles. The second-order valence-corrected chi connectivity index (χ2v) is 8.18. The molecular formula is C22H24N4O2S. The Bertz CT molecular complexity index is 974. The van der Waals surface area contributed by atoms with E-state index in [1.54, 1.807) is 0 Å². The van der Waals surface area contributed by atoms with Crippen LogP contribution in [0, 0.1) is 0 Å². The molecule has 2 aromatic carbocycles. The van der Waals surface area contributed by atoms with Crippen LogP contribution < -0.4 is 5.32 Å². The normalized spacial score (nSPS) is 14.9. The molecule has 150 valence electrons. The van der Waals surface area contributed by atoms with Crippen LogP contribution in [0.25, 0.3) is 10.2 Å². The first-order chi connectivity index (χ1) is 14.1. The van der Waals surface area contributed by atoms with Gasteiger partial charge in [-0.05, 0) is 29.8 Å². The summed E-state index contributed by atoms with van der Waals surface area (Å²) in [6.07, 6.45) is 0.570. The van der Waals surface area contributed by atoms with E-state index in [1.807, 2.05) is 60.4 Å². The largest absolute Gasteiger partial charge is 0.340 e. The van der Waals surface area contributed by atoms with Crippen molar-refractivity contribution in [3.8, 4) is 0 Å². The van der Waals surface area contributed by atoms with Crippen LogP contribution in [-0.4, -0.2) is 52.8 Å². The van der Waals surface area contributed by atoms with E-state index in [1.165, 1.54) is 11.3 Å². The highest BCUT2D eigenvalue weighted by Gasteiger charge is 2.20. The maximum Gasteiger partial charge on any atom is 0.257 e. The smallest absolute Gasteiger partial charge is 0.257 e. The topological polar surface area (TPSA) is 65.5 Å². The Balaban J connectivity index is 1.33. The van der Waals surface area contributed by atoms with Crippen molar-refractivity contribution in [1.29, 1.82) is 0 Å². The molecule has 1 aliphatic rings. The molecule has 3 aromatic rings. The molecule has 2 heterocycles. The Morgan fingerprint density at radius 3 is 2.45 bits per heavy atom. The predicted molar refractivity (Wildman–Crippen MR) is 116 cm³/mol. The van der Waals surface area contributed by atoms with E-state index in [2.05, 4.69) is 15.2 Å². The highest BCUT2D eigenvalue weighted by molar-refractivity contribution is 7.22. The second-order valence-electron chi connectivity index (χ2n) is 7.15. The number of anilines is 1. The Labute approximate surface area is 174 Å². The maximum atomic E-state index is 12.5. The Morgan fingerprint density at radius 1 is 1.03 bits per heavy atom. The highest BCUT2D eigenvalue weighted by atomic mass is 32.1. The average Bonchev–Trinajstić information content (AvgIpc) is 3.16. The average molecular weight is 409 g/mol. The van der Waals surface area contributed by atoms with Gasteiger partial charge in [-0.3, -0.25) is 19.8 Å². The zero-order valence-electron chi connectivity index (χ0n) is 16.4. The predicted octanol–water partition coefficient (Wildman–Crippen LogP) is 3.60. The van der Waals surface area contributed by atoms with Crippen LogP contribution in [0.1, 0.15) is 29.3 Å². The number of benzene rings is 2. The van der Waals surface area contributed by atoms with Gasteiger partial charge >= 0.3 is 0 Å². The fraction of sp³-hybridized carbons (Fsp3) is 0.318. The van der Waals surface area contributed by atoms with Gasteiger partial charge in [0.05, 0.1) is 10.2 Å². The second kappa shape index (κ2) is 8.71. The molecule has 1 fully saturated rings. The molecule has 0 spiro atoms. The quantitative estimate of drug-likeness (QED) is 0.701. The third-order valence-electron chi connectivity index (χ3n) is 5.16. The summed E-state index contributed by atoms with van der Waals surface area (Å²) in [5.41, 5.74) is 2.67. The molecule has 2 amide bonds. The minimum Gasteiger partial charge on any atom is -0.340 e. The number of hydrogen-bond acceptors (Lipinski definition) is 5. The fourth-order valence-corrected chi connectivity index (χ4v) is 4.35. The van der Waals surface area contributed by atoms with Crippen LogP contribution in [-0.2, 0) is 11.3 Å². The van der Waals surface area contributed by atoms with Gasteiger partial charge in [-0.1, -0.05) is 42.5 Å². The number of nitrogens with one attached hydrogen (secondary N) is 1. The molecule has 0 saturated carbocycles. The van der Waals surface area contributed by atoms with Crippen LogP contribution in [0.15, 0.2) is 48.5 Å². The van der Waals surface area contributed by atoms with Crippen LogP contribution in [0.5, 0.6) is 0 Å². The Morgan fingerprint density at radius 2 is 1.76 bits per heavy atom. The fourth-order valence-electron chi connectivity index (χ4n) is 3.49. The minimum absolute atomic E-state index is 0.151. The number of thiazole rings is 1. The molecule has 1 aromatic heterocycles. The number of amides is 2. The van der Waals surface area contributed by atoms with E-state index < -0.39 is 0 Å². The number of rotatable bonds is 5. The summed E-state index contributed by atoms with van der Waals surface area (Å²) in [6.45, 7) is 6.07. The molecule has 29 heavy (non-hydrogen) atoms. The van der Waals surface area contributed by atoms with Gasteiger partial charge in [0.1, 0.15) is 0 Å². The number of nitrogens with zero attached hydrogens (tertiary/aromatic N) is 3. The third-order valence-corrected chi connectivity index (χ3v) is 6.12. The molecule has 0 atom stereocenters. The zero-order chi connectivity index (χ0) is 20.2. The molecule has 0 unspecified atom stereocenters. The van der Waals surface area contributed by atoms with Gasteiger partial charge < -0.3 is 4.90 Å². The van der Waals surface area contributed by atoms with E-state index in [0.717, 1.165) is 48.5 Å². The molecule has 0 radical (unpaired) electrons. The molecule has 0 bridgehead atoms. The first kappa shape index (κ1) is 19.5. The van der Waals surface area contributed by atoms with Crippen LogP contribution >= 0.6 is 11.3 Å². The zero-order valence-corrected chi connectivity index (χ0v) is 17.2. The molecule has 6 nitrogen and oxygen atoms in total. The van der Waals surface area contributed by atoms with Crippen molar-refractivity contribution in [1.82, 2.24) is 14.8 Å². The van der Waals surface area contributed by atoms with Crippen molar-refractivity contribution in [2.45, 2.75) is 19.9 Å². The van der Waals surface area contributed by atoms with E-state index in [0.29, 0.717) is 17.1 Å². The highest BCUT2D eigenvalue weighted by Crippen LogP contribution is 2.25. The van der Waals surface area contributed by atoms with Crippen molar-refractivity contribution in [2.75, 3.05) is 31.5 Å². The minimum atomic E-state index is -0.151. The van der Waals surface area contributed by atoms with Crippen LogP contribution in [0.3, 0.4) is 0 Å². The molecule has 1 aliphatic heterocycles. The summed E-state index contributed by atoms with van der Waals surface area (Å²) < 4.78 is 1.05. The summed E-state index contributed by atoms with van der Waals surface area (Å²) in [5, 5.41) is 3.50. The van der Waals surface area contributed by atoms with Crippen LogP contribution in [0.2, 0.25) is 0 Å². The molecule has 1 N–H and O–H groups in total. The lowest BCUT2D eigenvalue weighted by Gasteiger charge is -2.34. The lowest BCUT2D eigenvalue weighted by Crippen LogP contribution is -2.48. The van der Waals surface area contributed by atoms with E-state index in [-0.39, 0.29) is 11.8 Å². The van der Waals surface area contributed by atoms with Gasteiger partial charge in [-0.25, -0.2) is 4.98 Å². The van der Waals surface area contributed by atoms with Crippen molar-refractivity contribution < 1.29 is 9.59 Å². The molecule has 7 heteroatoms. The number of carbonyl (C=O) groups is 2. The summed E-state index contributed by atoms with van der Waals surface area (Å²) >= 11 is 1.47. The molecule has 0 aliphatic carbocycles. The summed E-state index contributed by atoms with van der Waals surface area (Å²) in [7, 11) is 0.